The van der Waals surface area contributed by atoms with Crippen LogP contribution in [0.15, 0.2) is 24.4 Å². The molecule has 0 bridgehead atoms. The summed E-state index contributed by atoms with van der Waals surface area (Å²) in [6.45, 7) is 8.18. The first-order valence-corrected chi connectivity index (χ1v) is 6.98. The van der Waals surface area contributed by atoms with E-state index in [9.17, 15) is 4.79 Å². The highest BCUT2D eigenvalue weighted by Gasteiger charge is 2.25. The van der Waals surface area contributed by atoms with Gasteiger partial charge in [0.25, 0.3) is 5.91 Å². The van der Waals surface area contributed by atoms with E-state index in [1.54, 1.807) is 0 Å². The van der Waals surface area contributed by atoms with Gasteiger partial charge in [-0.2, -0.15) is 0 Å². The topological polar surface area (TPSA) is 25.2 Å². The summed E-state index contributed by atoms with van der Waals surface area (Å²) < 4.78 is 2.20. The van der Waals surface area contributed by atoms with E-state index in [1.807, 2.05) is 11.1 Å². The van der Waals surface area contributed by atoms with Crippen LogP contribution in [0.1, 0.15) is 42.2 Å². The van der Waals surface area contributed by atoms with Crippen molar-refractivity contribution < 1.29 is 4.79 Å². The highest BCUT2D eigenvalue weighted by Crippen LogP contribution is 2.27. The van der Waals surface area contributed by atoms with E-state index in [0.29, 0.717) is 6.04 Å². The average Bonchev–Trinajstić information content (AvgIpc) is 2.65. The second-order valence-electron chi connectivity index (χ2n) is 5.71. The van der Waals surface area contributed by atoms with Crippen molar-refractivity contribution in [2.75, 3.05) is 13.1 Å². The summed E-state index contributed by atoms with van der Waals surface area (Å²) in [5, 5.41) is 1.09. The summed E-state index contributed by atoms with van der Waals surface area (Å²) in [4.78, 5) is 14.4. The molecule has 3 heteroatoms. The zero-order chi connectivity index (χ0) is 13.6. The molecule has 100 valence electrons. The molecule has 1 aliphatic heterocycles. The molecule has 2 heterocycles. The predicted octanol–water partition coefficient (Wildman–Crippen LogP) is 3.38. The van der Waals surface area contributed by atoms with E-state index in [4.69, 9.17) is 0 Å². The van der Waals surface area contributed by atoms with Crippen molar-refractivity contribution >= 4 is 16.8 Å². The van der Waals surface area contributed by atoms with Crippen molar-refractivity contribution in [1.29, 1.82) is 0 Å². The number of carbonyl (C=O) groups is 1. The Balaban J connectivity index is 2.17. The second-order valence-corrected chi connectivity index (χ2v) is 5.71. The van der Waals surface area contributed by atoms with E-state index >= 15 is 0 Å². The van der Waals surface area contributed by atoms with Gasteiger partial charge in [0.1, 0.15) is 0 Å². The molecule has 1 fully saturated rings. The quantitative estimate of drug-likeness (QED) is 0.808. The number of amides is 1. The van der Waals surface area contributed by atoms with Gasteiger partial charge in [0.2, 0.25) is 0 Å². The number of benzene rings is 1. The number of carbonyl (C=O) groups excluding carboxylic acids is 1. The third-order valence-corrected chi connectivity index (χ3v) is 3.92. The lowest BCUT2D eigenvalue weighted by atomic mass is 10.1. The molecule has 0 spiro atoms. The van der Waals surface area contributed by atoms with Gasteiger partial charge in [0.05, 0.1) is 5.56 Å². The van der Waals surface area contributed by atoms with Crippen LogP contribution in [0.5, 0.6) is 0 Å². The van der Waals surface area contributed by atoms with Crippen LogP contribution in [0.25, 0.3) is 10.9 Å². The second kappa shape index (κ2) is 4.41. The first kappa shape index (κ1) is 12.3. The lowest BCUT2D eigenvalue weighted by Gasteiger charge is -2.30. The number of aromatic nitrogens is 1. The minimum Gasteiger partial charge on any atom is -0.344 e. The standard InChI is InChI=1S/C16H20N2O/c1-11(2)18-10-14(16(19)17-7-4-8-17)13-9-12(3)5-6-15(13)18/h5-6,9-11H,4,7-8H2,1-3H3. The van der Waals surface area contributed by atoms with E-state index in [0.717, 1.165) is 36.0 Å². The fourth-order valence-corrected chi connectivity index (χ4v) is 2.66. The van der Waals surface area contributed by atoms with Crippen LogP contribution in [0, 0.1) is 6.92 Å². The molecule has 2 aromatic rings. The molecule has 0 radical (unpaired) electrons. The monoisotopic (exact) mass is 256 g/mol. The maximum Gasteiger partial charge on any atom is 0.256 e. The third-order valence-electron chi connectivity index (χ3n) is 3.92. The van der Waals surface area contributed by atoms with Gasteiger partial charge >= 0.3 is 0 Å². The summed E-state index contributed by atoms with van der Waals surface area (Å²) in [5.74, 6) is 0.182. The van der Waals surface area contributed by atoms with Crippen molar-refractivity contribution in [1.82, 2.24) is 9.47 Å². The van der Waals surface area contributed by atoms with Crippen LogP contribution in [0.2, 0.25) is 0 Å². The maximum atomic E-state index is 12.5. The normalized spacial score (nSPS) is 15.1. The van der Waals surface area contributed by atoms with Gasteiger partial charge in [-0.05, 0) is 39.3 Å². The van der Waals surface area contributed by atoms with Gasteiger partial charge in [-0.3, -0.25) is 4.79 Å². The van der Waals surface area contributed by atoms with Gasteiger partial charge < -0.3 is 9.47 Å². The Morgan fingerprint density at radius 1 is 1.26 bits per heavy atom. The molecule has 19 heavy (non-hydrogen) atoms. The minimum absolute atomic E-state index is 0.182. The molecule has 3 nitrogen and oxygen atoms in total. The summed E-state index contributed by atoms with van der Waals surface area (Å²) in [7, 11) is 0. The Morgan fingerprint density at radius 3 is 2.58 bits per heavy atom. The van der Waals surface area contributed by atoms with Crippen molar-refractivity contribution in [3.8, 4) is 0 Å². The van der Waals surface area contributed by atoms with E-state index < -0.39 is 0 Å². The minimum atomic E-state index is 0.182. The number of hydrogen-bond donors (Lipinski definition) is 0. The van der Waals surface area contributed by atoms with Crippen molar-refractivity contribution in [3.05, 3.63) is 35.5 Å². The summed E-state index contributed by atoms with van der Waals surface area (Å²) in [6.07, 6.45) is 3.16. The third kappa shape index (κ3) is 1.93. The van der Waals surface area contributed by atoms with Crippen molar-refractivity contribution in [2.45, 2.75) is 33.2 Å². The van der Waals surface area contributed by atoms with E-state index in [1.165, 1.54) is 5.56 Å². The Kier molecular flexibility index (Phi) is 2.85. The molecule has 0 saturated carbocycles. The lowest BCUT2D eigenvalue weighted by Crippen LogP contribution is -2.41. The number of rotatable bonds is 2. The largest absolute Gasteiger partial charge is 0.344 e. The SMILES string of the molecule is Cc1ccc2c(c1)c(C(=O)N1CCC1)cn2C(C)C. The lowest BCUT2D eigenvalue weighted by molar-refractivity contribution is 0.0653. The first-order valence-electron chi connectivity index (χ1n) is 6.98. The smallest absolute Gasteiger partial charge is 0.256 e. The Morgan fingerprint density at radius 2 is 2.00 bits per heavy atom. The van der Waals surface area contributed by atoms with Crippen molar-refractivity contribution in [3.63, 3.8) is 0 Å². The molecule has 1 saturated heterocycles. The highest BCUT2D eigenvalue weighted by atomic mass is 16.2. The summed E-state index contributed by atoms with van der Waals surface area (Å²) in [5.41, 5.74) is 3.21. The average molecular weight is 256 g/mol. The van der Waals surface area contributed by atoms with Gasteiger partial charge in [0, 0.05) is 36.2 Å². The molecular weight excluding hydrogens is 236 g/mol. The molecule has 0 aliphatic carbocycles. The Hall–Kier alpha value is -1.77. The fourth-order valence-electron chi connectivity index (χ4n) is 2.66. The predicted molar refractivity (Wildman–Crippen MR) is 77.6 cm³/mol. The highest BCUT2D eigenvalue weighted by molar-refractivity contribution is 6.07. The number of fused-ring (bicyclic) bond motifs is 1. The van der Waals surface area contributed by atoms with Crippen LogP contribution in [0.4, 0.5) is 0 Å². The zero-order valence-electron chi connectivity index (χ0n) is 11.8. The summed E-state index contributed by atoms with van der Waals surface area (Å²) in [6, 6.07) is 6.72. The number of nitrogens with zero attached hydrogens (tertiary/aromatic N) is 2. The molecule has 1 aromatic heterocycles. The molecule has 1 amide bonds. The molecule has 0 atom stereocenters. The fraction of sp³-hybridized carbons (Fsp3) is 0.438. The van der Waals surface area contributed by atoms with Gasteiger partial charge in [-0.15, -0.1) is 0 Å². The molecular formula is C16H20N2O. The number of likely N-dealkylation sites (tertiary alicyclic amines) is 1. The Bertz CT molecular complexity index is 635. The number of aryl methyl sites for hydroxylation is 1. The van der Waals surface area contributed by atoms with Gasteiger partial charge in [-0.25, -0.2) is 0 Å². The first-order chi connectivity index (χ1) is 9.08. The van der Waals surface area contributed by atoms with Gasteiger partial charge in [-0.1, -0.05) is 11.6 Å². The number of hydrogen-bond acceptors (Lipinski definition) is 1. The molecule has 0 N–H and O–H groups in total. The van der Waals surface area contributed by atoms with Crippen molar-refractivity contribution in [2.24, 2.45) is 0 Å². The molecule has 1 aromatic carbocycles. The summed E-state index contributed by atoms with van der Waals surface area (Å²) >= 11 is 0. The van der Waals surface area contributed by atoms with Crippen LogP contribution in [-0.2, 0) is 0 Å². The van der Waals surface area contributed by atoms with Crippen LogP contribution >= 0.6 is 0 Å². The molecule has 0 unspecified atom stereocenters. The van der Waals surface area contributed by atoms with E-state index in [2.05, 4.69) is 43.5 Å². The molecule has 3 rings (SSSR count). The van der Waals surface area contributed by atoms with E-state index in [-0.39, 0.29) is 5.91 Å². The van der Waals surface area contributed by atoms with Gasteiger partial charge in [0.15, 0.2) is 0 Å². The zero-order valence-corrected chi connectivity index (χ0v) is 11.8. The van der Waals surface area contributed by atoms with Crippen LogP contribution < -0.4 is 0 Å². The maximum absolute atomic E-state index is 12.5. The Labute approximate surface area is 113 Å². The van der Waals surface area contributed by atoms with Crippen LogP contribution in [0.3, 0.4) is 0 Å². The van der Waals surface area contributed by atoms with Crippen LogP contribution in [-0.4, -0.2) is 28.5 Å². The molecule has 1 aliphatic rings.